The minimum absolute atomic E-state index is 0.114. The Balaban J connectivity index is 1.16. The highest BCUT2D eigenvalue weighted by molar-refractivity contribution is 7.25. The molecule has 256 valence electrons. The summed E-state index contributed by atoms with van der Waals surface area (Å²) in [6, 6.07) is 67.1. The highest BCUT2D eigenvalue weighted by Crippen LogP contribution is 2.55. The first-order valence-electron chi connectivity index (χ1n) is 18.7. The number of nitrogens with zero attached hydrogens (tertiary/aromatic N) is 2. The van der Waals surface area contributed by atoms with Crippen LogP contribution in [0.5, 0.6) is 0 Å². The maximum atomic E-state index is 2.51. The third-order valence-corrected chi connectivity index (χ3v) is 12.7. The minimum Gasteiger partial charge on any atom is -0.309 e. The number of anilines is 3. The van der Waals surface area contributed by atoms with Crippen molar-refractivity contribution in [1.82, 2.24) is 4.57 Å². The van der Waals surface area contributed by atoms with Crippen LogP contribution >= 0.6 is 11.3 Å². The van der Waals surface area contributed by atoms with E-state index in [2.05, 4.69) is 205 Å². The van der Waals surface area contributed by atoms with Crippen LogP contribution in [0.4, 0.5) is 17.1 Å². The molecule has 0 fully saturated rings. The van der Waals surface area contributed by atoms with Gasteiger partial charge in [-0.25, -0.2) is 0 Å². The monoisotopic (exact) mass is 708 g/mol. The van der Waals surface area contributed by atoms with Gasteiger partial charge in [0.05, 0.1) is 22.4 Å². The van der Waals surface area contributed by atoms with Crippen LogP contribution in [0.3, 0.4) is 0 Å². The molecule has 0 atom stereocenters. The van der Waals surface area contributed by atoms with Gasteiger partial charge in [0.2, 0.25) is 0 Å². The maximum Gasteiger partial charge on any atom is 0.0562 e. The van der Waals surface area contributed by atoms with Gasteiger partial charge in [0.25, 0.3) is 0 Å². The van der Waals surface area contributed by atoms with Gasteiger partial charge in [0.15, 0.2) is 0 Å². The summed E-state index contributed by atoms with van der Waals surface area (Å²) >= 11 is 1.87. The fourth-order valence-electron chi connectivity index (χ4n) is 9.08. The van der Waals surface area contributed by atoms with Gasteiger partial charge >= 0.3 is 0 Å². The Morgan fingerprint density at radius 2 is 1.13 bits per heavy atom. The smallest absolute Gasteiger partial charge is 0.0562 e. The van der Waals surface area contributed by atoms with E-state index in [0.717, 1.165) is 17.1 Å². The van der Waals surface area contributed by atoms with E-state index < -0.39 is 0 Å². The van der Waals surface area contributed by atoms with E-state index in [4.69, 9.17) is 0 Å². The van der Waals surface area contributed by atoms with Crippen LogP contribution in [0.15, 0.2) is 182 Å². The van der Waals surface area contributed by atoms with E-state index in [1.807, 2.05) is 11.3 Å². The van der Waals surface area contributed by atoms with Crippen LogP contribution in [0.2, 0.25) is 0 Å². The first-order valence-corrected chi connectivity index (χ1v) is 19.5. The van der Waals surface area contributed by atoms with Crippen molar-refractivity contribution in [3.8, 4) is 27.9 Å². The molecule has 2 nitrogen and oxygen atoms in total. The fraction of sp³-hybridized carbons (Fsp3) is 0.0588. The van der Waals surface area contributed by atoms with E-state index >= 15 is 0 Å². The van der Waals surface area contributed by atoms with Crippen LogP contribution in [0.1, 0.15) is 25.0 Å². The first-order chi connectivity index (χ1) is 26.6. The van der Waals surface area contributed by atoms with E-state index in [1.54, 1.807) is 0 Å². The molecule has 0 bridgehead atoms. The zero-order valence-electron chi connectivity index (χ0n) is 30.1. The number of hydrogen-bond acceptors (Lipinski definition) is 2. The van der Waals surface area contributed by atoms with Crippen LogP contribution in [-0.2, 0) is 5.41 Å². The molecule has 0 unspecified atom stereocenters. The molecule has 3 heteroatoms. The van der Waals surface area contributed by atoms with E-state index in [-0.39, 0.29) is 5.41 Å². The molecule has 0 spiro atoms. The lowest BCUT2D eigenvalue weighted by molar-refractivity contribution is 0.660. The molecule has 2 heterocycles. The molecule has 1 aliphatic carbocycles. The summed E-state index contributed by atoms with van der Waals surface area (Å²) in [7, 11) is 0. The molecule has 0 aliphatic heterocycles. The molecule has 8 aromatic carbocycles. The molecule has 54 heavy (non-hydrogen) atoms. The second-order valence-corrected chi connectivity index (χ2v) is 16.0. The highest BCUT2D eigenvalue weighted by Gasteiger charge is 2.38. The Morgan fingerprint density at radius 1 is 0.481 bits per heavy atom. The van der Waals surface area contributed by atoms with Gasteiger partial charge in [-0.15, -0.1) is 11.3 Å². The zero-order chi connectivity index (χ0) is 36.0. The summed E-state index contributed by atoms with van der Waals surface area (Å²) in [5, 5.41) is 5.12. The van der Waals surface area contributed by atoms with Gasteiger partial charge in [-0.2, -0.15) is 0 Å². The lowest BCUT2D eigenvalue weighted by Gasteiger charge is -2.29. The third-order valence-electron chi connectivity index (χ3n) is 11.6. The SMILES string of the molecule is CC1(C)c2ccccc2-c2c(N(c3ccc(-c4ccc5sc6ccccc6c5c4)cc3)c3cccc4c3c3ccccc3n4-c3ccccc3)cccc21. The van der Waals surface area contributed by atoms with Crippen LogP contribution in [-0.4, -0.2) is 4.57 Å². The van der Waals surface area contributed by atoms with Crippen molar-refractivity contribution >= 4 is 70.4 Å². The molecule has 0 saturated heterocycles. The van der Waals surface area contributed by atoms with Crippen molar-refractivity contribution in [3.05, 3.63) is 193 Å². The lowest BCUT2D eigenvalue weighted by Crippen LogP contribution is -2.16. The van der Waals surface area contributed by atoms with Gasteiger partial charge in [-0.3, -0.25) is 0 Å². The van der Waals surface area contributed by atoms with Crippen molar-refractivity contribution in [2.75, 3.05) is 4.90 Å². The van der Waals surface area contributed by atoms with E-state index in [0.29, 0.717) is 0 Å². The van der Waals surface area contributed by atoms with Gasteiger partial charge in [-0.1, -0.05) is 129 Å². The predicted octanol–water partition coefficient (Wildman–Crippen LogP) is 14.6. The third kappa shape index (κ3) is 4.52. The van der Waals surface area contributed by atoms with Crippen LogP contribution in [0, 0.1) is 0 Å². The van der Waals surface area contributed by atoms with Crippen LogP contribution < -0.4 is 4.90 Å². The van der Waals surface area contributed by atoms with Crippen molar-refractivity contribution in [2.45, 2.75) is 19.3 Å². The topological polar surface area (TPSA) is 8.17 Å². The second kappa shape index (κ2) is 11.8. The molecule has 0 saturated carbocycles. The van der Waals surface area contributed by atoms with Gasteiger partial charge in [0, 0.05) is 53.3 Å². The molecule has 2 aromatic heterocycles. The Kier molecular flexibility index (Phi) is 6.80. The van der Waals surface area contributed by atoms with Crippen molar-refractivity contribution < 1.29 is 0 Å². The van der Waals surface area contributed by atoms with Gasteiger partial charge < -0.3 is 9.47 Å². The van der Waals surface area contributed by atoms with E-state index in [1.165, 1.54) is 81.0 Å². The molecular formula is C51H36N2S. The molecule has 1 aliphatic rings. The first kappa shape index (κ1) is 31.1. The summed E-state index contributed by atoms with van der Waals surface area (Å²) in [5.41, 5.74) is 14.7. The number of rotatable bonds is 5. The Hall–Kier alpha value is -6.42. The summed E-state index contributed by atoms with van der Waals surface area (Å²) in [4.78, 5) is 2.51. The highest BCUT2D eigenvalue weighted by atomic mass is 32.1. The maximum absolute atomic E-state index is 2.51. The number of para-hydroxylation sites is 2. The van der Waals surface area contributed by atoms with Crippen molar-refractivity contribution in [2.24, 2.45) is 0 Å². The van der Waals surface area contributed by atoms with Gasteiger partial charge in [0.1, 0.15) is 0 Å². The summed E-state index contributed by atoms with van der Waals surface area (Å²) < 4.78 is 5.07. The Morgan fingerprint density at radius 3 is 2.00 bits per heavy atom. The molecular weight excluding hydrogens is 673 g/mol. The normalized spacial score (nSPS) is 13.1. The summed E-state index contributed by atoms with van der Waals surface area (Å²) in [6.45, 7) is 4.73. The lowest BCUT2D eigenvalue weighted by atomic mass is 9.82. The summed E-state index contributed by atoms with van der Waals surface area (Å²) in [5.74, 6) is 0. The van der Waals surface area contributed by atoms with Crippen molar-refractivity contribution in [3.63, 3.8) is 0 Å². The van der Waals surface area contributed by atoms with Crippen LogP contribution in [0.25, 0.3) is 69.9 Å². The quantitative estimate of drug-likeness (QED) is 0.173. The Labute approximate surface area is 318 Å². The molecule has 0 amide bonds. The molecule has 11 rings (SSSR count). The Bertz CT molecular complexity index is 3070. The average Bonchev–Trinajstić information content (AvgIpc) is 3.84. The van der Waals surface area contributed by atoms with Gasteiger partial charge in [-0.05, 0) is 94.5 Å². The number of thiophene rings is 1. The second-order valence-electron chi connectivity index (χ2n) is 14.9. The number of hydrogen-bond donors (Lipinski definition) is 0. The number of fused-ring (bicyclic) bond motifs is 9. The van der Waals surface area contributed by atoms with Crippen molar-refractivity contribution in [1.29, 1.82) is 0 Å². The summed E-state index contributed by atoms with van der Waals surface area (Å²) in [6.07, 6.45) is 0. The molecule has 10 aromatic rings. The zero-order valence-corrected chi connectivity index (χ0v) is 30.9. The predicted molar refractivity (Wildman–Crippen MR) is 231 cm³/mol. The fourth-order valence-corrected chi connectivity index (χ4v) is 10.2. The molecule has 0 N–H and O–H groups in total. The largest absolute Gasteiger partial charge is 0.309 e. The molecule has 0 radical (unpaired) electrons. The standard InChI is InChI=1S/C51H36N2S/c1-51(2)41-19-9-6-17-38(41)49-42(51)20-12-22-44(49)53(36-29-26-33(27-30-36)34-28-31-48-40(32-34)37-16-8-11-25-47(37)54-48)46-24-13-23-45-50(46)39-18-7-10-21-43(39)52(45)35-14-4-3-5-15-35/h3-32H,1-2H3. The number of benzene rings is 8. The van der Waals surface area contributed by atoms with E-state index in [9.17, 15) is 0 Å². The minimum atomic E-state index is -0.114. The average molecular weight is 709 g/mol. The number of aromatic nitrogens is 1.